The molecule has 1 aliphatic heterocycles. The van der Waals surface area contributed by atoms with Crippen LogP contribution in [0.25, 0.3) is 11.1 Å². The Hall–Kier alpha value is -3.35. The van der Waals surface area contributed by atoms with Crippen molar-refractivity contribution in [2.24, 2.45) is 5.92 Å². The van der Waals surface area contributed by atoms with Gasteiger partial charge in [0.15, 0.2) is 0 Å². The Morgan fingerprint density at radius 2 is 1.73 bits per heavy atom. The van der Waals surface area contributed by atoms with E-state index in [1.54, 1.807) is 4.90 Å². The maximum Gasteiger partial charge on any atom is 0.407 e. The zero-order chi connectivity index (χ0) is 23.4. The number of piperidine rings is 1. The standard InChI is InChI=1S/C26H30N2O5/c1-2-8-23(24(29)28-14-7-9-17(15-28)25(30)31)27-26(32)33-16-22-20-12-5-3-10-18(20)19-11-4-6-13-21(19)22/h3-6,10-13,17,22-23H,2,7-9,14-16H2,1H3,(H,27,32)(H,30,31)/t17-,23+/m1/s1. The van der Waals surface area contributed by atoms with E-state index in [0.717, 1.165) is 22.3 Å². The second-order valence-corrected chi connectivity index (χ2v) is 8.77. The number of hydrogen-bond donors (Lipinski definition) is 2. The monoisotopic (exact) mass is 450 g/mol. The summed E-state index contributed by atoms with van der Waals surface area (Å²) in [5, 5.41) is 12.0. The van der Waals surface area contributed by atoms with Gasteiger partial charge in [-0.25, -0.2) is 4.79 Å². The second kappa shape index (κ2) is 10.1. The van der Waals surface area contributed by atoms with Gasteiger partial charge in [-0.15, -0.1) is 0 Å². The number of alkyl carbamates (subject to hydrolysis) is 1. The van der Waals surface area contributed by atoms with Crippen LogP contribution in [0.5, 0.6) is 0 Å². The molecular formula is C26H30N2O5. The summed E-state index contributed by atoms with van der Waals surface area (Å²) in [5.74, 6) is -1.73. The molecular weight excluding hydrogens is 420 g/mol. The number of carbonyl (C=O) groups excluding carboxylic acids is 2. The molecule has 0 spiro atoms. The van der Waals surface area contributed by atoms with Crippen molar-refractivity contribution in [1.82, 2.24) is 10.2 Å². The van der Waals surface area contributed by atoms with Crippen LogP contribution in [0.15, 0.2) is 48.5 Å². The van der Waals surface area contributed by atoms with E-state index in [0.29, 0.717) is 32.2 Å². The number of carboxylic acids is 1. The van der Waals surface area contributed by atoms with Crippen LogP contribution in [-0.4, -0.2) is 53.7 Å². The van der Waals surface area contributed by atoms with Crippen molar-refractivity contribution < 1.29 is 24.2 Å². The van der Waals surface area contributed by atoms with E-state index in [1.165, 1.54) is 0 Å². The molecule has 1 heterocycles. The number of ether oxygens (including phenoxy) is 1. The third-order valence-electron chi connectivity index (χ3n) is 6.59. The quantitative estimate of drug-likeness (QED) is 0.664. The molecule has 7 heteroatoms. The average molecular weight is 451 g/mol. The van der Waals surface area contributed by atoms with Crippen LogP contribution >= 0.6 is 0 Å². The molecule has 0 unspecified atom stereocenters. The highest BCUT2D eigenvalue weighted by molar-refractivity contribution is 5.86. The minimum absolute atomic E-state index is 0.0538. The Bertz CT molecular complexity index is 991. The van der Waals surface area contributed by atoms with Gasteiger partial charge in [0.2, 0.25) is 5.91 Å². The summed E-state index contributed by atoms with van der Waals surface area (Å²) in [6, 6.07) is 15.5. The van der Waals surface area contributed by atoms with Crippen molar-refractivity contribution >= 4 is 18.0 Å². The summed E-state index contributed by atoms with van der Waals surface area (Å²) in [5.41, 5.74) is 4.56. The van der Waals surface area contributed by atoms with Crippen LogP contribution in [-0.2, 0) is 14.3 Å². The highest BCUT2D eigenvalue weighted by atomic mass is 16.5. The molecule has 7 nitrogen and oxygen atoms in total. The molecule has 33 heavy (non-hydrogen) atoms. The first-order chi connectivity index (χ1) is 16.0. The fraction of sp³-hybridized carbons (Fsp3) is 0.423. The Morgan fingerprint density at radius 1 is 1.09 bits per heavy atom. The van der Waals surface area contributed by atoms with Gasteiger partial charge in [0.1, 0.15) is 12.6 Å². The number of nitrogens with one attached hydrogen (secondary N) is 1. The predicted molar refractivity (Wildman–Crippen MR) is 124 cm³/mol. The maximum atomic E-state index is 13.0. The summed E-state index contributed by atoms with van der Waals surface area (Å²) < 4.78 is 5.60. The van der Waals surface area contributed by atoms with Gasteiger partial charge in [0, 0.05) is 19.0 Å². The van der Waals surface area contributed by atoms with E-state index in [2.05, 4.69) is 29.6 Å². The number of rotatable bonds is 7. The van der Waals surface area contributed by atoms with Crippen molar-refractivity contribution in [2.45, 2.75) is 44.6 Å². The van der Waals surface area contributed by atoms with Gasteiger partial charge in [-0.3, -0.25) is 9.59 Å². The molecule has 174 valence electrons. The highest BCUT2D eigenvalue weighted by Gasteiger charge is 2.33. The van der Waals surface area contributed by atoms with Crippen LogP contribution in [0.3, 0.4) is 0 Å². The number of fused-ring (bicyclic) bond motifs is 3. The molecule has 0 aromatic heterocycles. The smallest absolute Gasteiger partial charge is 0.407 e. The van der Waals surface area contributed by atoms with Crippen molar-refractivity contribution in [2.75, 3.05) is 19.7 Å². The summed E-state index contributed by atoms with van der Waals surface area (Å²) in [4.78, 5) is 38.6. The van der Waals surface area contributed by atoms with E-state index in [4.69, 9.17) is 4.74 Å². The first kappa shape index (κ1) is 22.8. The molecule has 0 bridgehead atoms. The van der Waals surface area contributed by atoms with Gasteiger partial charge in [-0.05, 0) is 41.5 Å². The van der Waals surface area contributed by atoms with E-state index in [1.807, 2.05) is 31.2 Å². The molecule has 2 aromatic rings. The fourth-order valence-electron chi connectivity index (χ4n) is 4.93. The summed E-state index contributed by atoms with van der Waals surface area (Å²) in [6.45, 7) is 2.81. The number of aliphatic carboxylic acids is 1. The maximum absolute atomic E-state index is 13.0. The number of likely N-dealkylation sites (tertiary alicyclic amines) is 1. The lowest BCUT2D eigenvalue weighted by Gasteiger charge is -2.33. The van der Waals surface area contributed by atoms with Gasteiger partial charge in [0.05, 0.1) is 5.92 Å². The molecule has 2 aromatic carbocycles. The van der Waals surface area contributed by atoms with Crippen LogP contribution in [0, 0.1) is 5.92 Å². The predicted octanol–water partition coefficient (Wildman–Crippen LogP) is 4.02. The van der Waals surface area contributed by atoms with Crippen LogP contribution < -0.4 is 5.32 Å². The normalized spacial score (nSPS) is 18.2. The summed E-state index contributed by atoms with van der Waals surface area (Å²) >= 11 is 0. The molecule has 2 N–H and O–H groups in total. The van der Waals surface area contributed by atoms with E-state index < -0.39 is 24.0 Å². The first-order valence-corrected chi connectivity index (χ1v) is 11.6. The second-order valence-electron chi connectivity index (χ2n) is 8.77. The number of nitrogens with zero attached hydrogens (tertiary/aromatic N) is 1. The number of carboxylic acid groups (broad SMARTS) is 1. The summed E-state index contributed by atoms with van der Waals surface area (Å²) in [7, 11) is 0. The summed E-state index contributed by atoms with van der Waals surface area (Å²) in [6.07, 6.45) is 1.76. The number of carbonyl (C=O) groups is 3. The van der Waals surface area contributed by atoms with Crippen LogP contribution in [0.4, 0.5) is 4.79 Å². The topological polar surface area (TPSA) is 95.9 Å². The highest BCUT2D eigenvalue weighted by Crippen LogP contribution is 2.44. The minimum Gasteiger partial charge on any atom is -0.481 e. The largest absolute Gasteiger partial charge is 0.481 e. The van der Waals surface area contributed by atoms with Crippen molar-refractivity contribution in [3.8, 4) is 11.1 Å². The molecule has 1 aliphatic carbocycles. The number of hydrogen-bond acceptors (Lipinski definition) is 4. The lowest BCUT2D eigenvalue weighted by Crippen LogP contribution is -2.52. The lowest BCUT2D eigenvalue weighted by molar-refractivity contribution is -0.146. The Balaban J connectivity index is 1.40. The molecule has 1 fully saturated rings. The van der Waals surface area contributed by atoms with Crippen LogP contribution in [0.2, 0.25) is 0 Å². The molecule has 2 amide bonds. The van der Waals surface area contributed by atoms with E-state index in [9.17, 15) is 19.5 Å². The molecule has 2 aliphatic rings. The Labute approximate surface area is 193 Å². The molecule has 1 saturated heterocycles. The third kappa shape index (κ3) is 4.87. The van der Waals surface area contributed by atoms with Crippen LogP contribution in [0.1, 0.15) is 49.7 Å². The van der Waals surface area contributed by atoms with Gasteiger partial charge in [-0.1, -0.05) is 61.9 Å². The molecule has 4 rings (SSSR count). The molecule has 2 atom stereocenters. The van der Waals surface area contributed by atoms with Crippen molar-refractivity contribution in [1.29, 1.82) is 0 Å². The average Bonchev–Trinajstić information content (AvgIpc) is 3.16. The lowest BCUT2D eigenvalue weighted by atomic mass is 9.97. The van der Waals surface area contributed by atoms with Gasteiger partial charge < -0.3 is 20.1 Å². The van der Waals surface area contributed by atoms with Gasteiger partial charge >= 0.3 is 12.1 Å². The molecule has 0 radical (unpaired) electrons. The molecule has 0 saturated carbocycles. The zero-order valence-corrected chi connectivity index (χ0v) is 18.8. The van der Waals surface area contributed by atoms with Gasteiger partial charge in [-0.2, -0.15) is 0 Å². The van der Waals surface area contributed by atoms with Crippen molar-refractivity contribution in [3.63, 3.8) is 0 Å². The Kier molecular flexibility index (Phi) is 6.96. The van der Waals surface area contributed by atoms with Crippen molar-refractivity contribution in [3.05, 3.63) is 59.7 Å². The fourth-order valence-corrected chi connectivity index (χ4v) is 4.93. The van der Waals surface area contributed by atoms with Gasteiger partial charge in [0.25, 0.3) is 0 Å². The number of benzene rings is 2. The zero-order valence-electron chi connectivity index (χ0n) is 18.8. The minimum atomic E-state index is -0.885. The first-order valence-electron chi connectivity index (χ1n) is 11.6. The third-order valence-corrected chi connectivity index (χ3v) is 6.59. The van der Waals surface area contributed by atoms with E-state index >= 15 is 0 Å². The Morgan fingerprint density at radius 3 is 2.33 bits per heavy atom. The SMILES string of the molecule is CCC[C@H](NC(=O)OCC1c2ccccc2-c2ccccc21)C(=O)N1CCC[C@@H](C(=O)O)C1. The number of amides is 2. The van der Waals surface area contributed by atoms with E-state index in [-0.39, 0.29) is 25.0 Å².